The SMILES string of the molecule is Cc1cccc2c1cnn2C(=O)CCC(=O)N1CCN(C2CCCCC2)CC1. The summed E-state index contributed by atoms with van der Waals surface area (Å²) in [5.41, 5.74) is 1.92. The van der Waals surface area contributed by atoms with Gasteiger partial charge < -0.3 is 4.90 Å². The topological polar surface area (TPSA) is 58.4 Å². The second kappa shape index (κ2) is 8.43. The molecule has 1 saturated heterocycles. The molecule has 2 aromatic rings. The van der Waals surface area contributed by atoms with Gasteiger partial charge >= 0.3 is 0 Å². The maximum absolute atomic E-state index is 12.6. The van der Waals surface area contributed by atoms with Crippen molar-refractivity contribution in [1.29, 1.82) is 0 Å². The maximum Gasteiger partial charge on any atom is 0.247 e. The molecule has 0 radical (unpaired) electrons. The van der Waals surface area contributed by atoms with Crippen LogP contribution in [0.1, 0.15) is 55.3 Å². The van der Waals surface area contributed by atoms with Crippen LogP contribution in [-0.4, -0.2) is 63.6 Å². The Bertz CT molecular complexity index is 845. The van der Waals surface area contributed by atoms with Crippen LogP contribution >= 0.6 is 0 Å². The van der Waals surface area contributed by atoms with Crippen molar-refractivity contribution in [2.45, 2.75) is 57.9 Å². The molecule has 0 spiro atoms. The summed E-state index contributed by atoms with van der Waals surface area (Å²) in [5.74, 6) is -0.0286. The highest BCUT2D eigenvalue weighted by atomic mass is 16.2. The highest BCUT2D eigenvalue weighted by Gasteiger charge is 2.27. The third kappa shape index (κ3) is 3.97. The van der Waals surface area contributed by atoms with Gasteiger partial charge in [-0.25, -0.2) is 4.68 Å². The molecule has 6 nitrogen and oxygen atoms in total. The number of aryl methyl sites for hydroxylation is 1. The van der Waals surface area contributed by atoms with E-state index in [0.29, 0.717) is 6.04 Å². The summed E-state index contributed by atoms with van der Waals surface area (Å²) in [7, 11) is 0. The van der Waals surface area contributed by atoms with Gasteiger partial charge in [-0.05, 0) is 31.4 Å². The van der Waals surface area contributed by atoms with Crippen LogP contribution in [0.2, 0.25) is 0 Å². The molecule has 1 aliphatic carbocycles. The molecule has 2 aliphatic rings. The summed E-state index contributed by atoms with van der Waals surface area (Å²) < 4.78 is 1.44. The Balaban J connectivity index is 1.28. The minimum Gasteiger partial charge on any atom is -0.340 e. The summed E-state index contributed by atoms with van der Waals surface area (Å²) in [5, 5.41) is 5.23. The van der Waals surface area contributed by atoms with Crippen molar-refractivity contribution in [2.24, 2.45) is 0 Å². The van der Waals surface area contributed by atoms with Crippen molar-refractivity contribution in [3.05, 3.63) is 30.0 Å². The number of nitrogens with zero attached hydrogens (tertiary/aromatic N) is 4. The van der Waals surface area contributed by atoms with Crippen molar-refractivity contribution in [1.82, 2.24) is 19.6 Å². The molecule has 4 rings (SSSR count). The zero-order chi connectivity index (χ0) is 19.5. The number of hydrogen-bond donors (Lipinski definition) is 0. The third-order valence-electron chi connectivity index (χ3n) is 6.38. The maximum atomic E-state index is 12.6. The lowest BCUT2D eigenvalue weighted by atomic mass is 9.94. The number of fused-ring (bicyclic) bond motifs is 1. The predicted octanol–water partition coefficient (Wildman–Crippen LogP) is 3.24. The van der Waals surface area contributed by atoms with Crippen LogP contribution in [0.25, 0.3) is 10.9 Å². The molecule has 0 bridgehead atoms. The first-order chi connectivity index (χ1) is 13.6. The molecule has 1 amide bonds. The number of amides is 1. The Kier molecular flexibility index (Phi) is 5.76. The summed E-state index contributed by atoms with van der Waals surface area (Å²) in [4.78, 5) is 29.7. The first-order valence-electron chi connectivity index (χ1n) is 10.6. The summed E-state index contributed by atoms with van der Waals surface area (Å²) in [6, 6.07) is 6.55. The number of hydrogen-bond acceptors (Lipinski definition) is 4. The molecule has 150 valence electrons. The van der Waals surface area contributed by atoms with Gasteiger partial charge in [-0.15, -0.1) is 0 Å². The predicted molar refractivity (Wildman–Crippen MR) is 109 cm³/mol. The zero-order valence-electron chi connectivity index (χ0n) is 16.8. The summed E-state index contributed by atoms with van der Waals surface area (Å²) in [6.45, 7) is 5.51. The first-order valence-corrected chi connectivity index (χ1v) is 10.6. The lowest BCUT2D eigenvalue weighted by Gasteiger charge is -2.40. The van der Waals surface area contributed by atoms with Gasteiger partial charge in [0.1, 0.15) is 0 Å². The van der Waals surface area contributed by atoms with E-state index in [4.69, 9.17) is 0 Å². The molecule has 1 aliphatic heterocycles. The smallest absolute Gasteiger partial charge is 0.247 e. The van der Waals surface area contributed by atoms with E-state index in [9.17, 15) is 9.59 Å². The Hall–Kier alpha value is -2.21. The number of carbonyl (C=O) groups is 2. The van der Waals surface area contributed by atoms with Gasteiger partial charge in [0.25, 0.3) is 0 Å². The molecule has 0 N–H and O–H groups in total. The summed E-state index contributed by atoms with van der Waals surface area (Å²) in [6.07, 6.45) is 8.85. The standard InChI is InChI=1S/C22H30N4O2/c1-17-6-5-9-20-19(17)16-23-26(20)22(28)11-10-21(27)25-14-12-24(13-15-25)18-7-3-2-4-8-18/h5-6,9,16,18H,2-4,7-8,10-15H2,1H3. The monoisotopic (exact) mass is 382 g/mol. The van der Waals surface area contributed by atoms with E-state index in [1.165, 1.54) is 36.8 Å². The van der Waals surface area contributed by atoms with Crippen LogP contribution in [0, 0.1) is 6.92 Å². The fraction of sp³-hybridized carbons (Fsp3) is 0.591. The van der Waals surface area contributed by atoms with E-state index in [1.54, 1.807) is 6.20 Å². The van der Waals surface area contributed by atoms with E-state index in [0.717, 1.165) is 42.6 Å². The molecular formula is C22H30N4O2. The zero-order valence-corrected chi connectivity index (χ0v) is 16.8. The van der Waals surface area contributed by atoms with Gasteiger partial charge in [-0.1, -0.05) is 31.4 Å². The molecular weight excluding hydrogens is 352 g/mol. The molecule has 1 saturated carbocycles. The van der Waals surface area contributed by atoms with Gasteiger partial charge in [-0.2, -0.15) is 5.10 Å². The fourth-order valence-corrected chi connectivity index (χ4v) is 4.65. The molecule has 1 aromatic carbocycles. The quantitative estimate of drug-likeness (QED) is 0.815. The summed E-state index contributed by atoms with van der Waals surface area (Å²) >= 11 is 0. The van der Waals surface area contributed by atoms with Crippen LogP contribution in [-0.2, 0) is 4.79 Å². The van der Waals surface area contributed by atoms with Crippen molar-refractivity contribution < 1.29 is 9.59 Å². The second-order valence-corrected chi connectivity index (χ2v) is 8.17. The van der Waals surface area contributed by atoms with Crippen molar-refractivity contribution in [3.63, 3.8) is 0 Å². The minimum absolute atomic E-state index is 0.0873. The first kappa shape index (κ1) is 19.1. The Morgan fingerprint density at radius 3 is 2.46 bits per heavy atom. The number of carbonyl (C=O) groups excluding carboxylic acids is 2. The van der Waals surface area contributed by atoms with Gasteiger partial charge in [0, 0.05) is 50.4 Å². The van der Waals surface area contributed by atoms with E-state index in [-0.39, 0.29) is 24.7 Å². The Morgan fingerprint density at radius 2 is 1.71 bits per heavy atom. The van der Waals surface area contributed by atoms with Gasteiger partial charge in [-0.3, -0.25) is 14.5 Å². The van der Waals surface area contributed by atoms with Crippen LogP contribution < -0.4 is 0 Å². The molecule has 0 unspecified atom stereocenters. The lowest BCUT2D eigenvalue weighted by molar-refractivity contribution is -0.133. The number of piperazine rings is 1. The molecule has 1 aromatic heterocycles. The number of rotatable bonds is 4. The second-order valence-electron chi connectivity index (χ2n) is 8.17. The van der Waals surface area contributed by atoms with Crippen molar-refractivity contribution >= 4 is 22.7 Å². The molecule has 0 atom stereocenters. The van der Waals surface area contributed by atoms with E-state index < -0.39 is 0 Å². The lowest BCUT2D eigenvalue weighted by Crippen LogP contribution is -2.52. The van der Waals surface area contributed by atoms with Crippen molar-refractivity contribution in [2.75, 3.05) is 26.2 Å². The van der Waals surface area contributed by atoms with Crippen LogP contribution in [0.4, 0.5) is 0 Å². The van der Waals surface area contributed by atoms with E-state index >= 15 is 0 Å². The highest BCUT2D eigenvalue weighted by molar-refractivity contribution is 5.93. The molecule has 2 fully saturated rings. The van der Waals surface area contributed by atoms with Gasteiger partial charge in [0.05, 0.1) is 11.7 Å². The van der Waals surface area contributed by atoms with E-state index in [1.807, 2.05) is 30.0 Å². The van der Waals surface area contributed by atoms with Gasteiger partial charge in [0.15, 0.2) is 0 Å². The van der Waals surface area contributed by atoms with Crippen LogP contribution in [0.3, 0.4) is 0 Å². The molecule has 6 heteroatoms. The van der Waals surface area contributed by atoms with Gasteiger partial charge in [0.2, 0.25) is 11.8 Å². The minimum atomic E-state index is -0.116. The number of benzene rings is 1. The fourth-order valence-electron chi connectivity index (χ4n) is 4.65. The third-order valence-corrected chi connectivity index (χ3v) is 6.38. The normalized spacial score (nSPS) is 19.2. The number of aromatic nitrogens is 2. The van der Waals surface area contributed by atoms with E-state index in [2.05, 4.69) is 10.00 Å². The molecule has 28 heavy (non-hydrogen) atoms. The average molecular weight is 383 g/mol. The van der Waals surface area contributed by atoms with Crippen molar-refractivity contribution in [3.8, 4) is 0 Å². The van der Waals surface area contributed by atoms with Crippen LogP contribution in [0.5, 0.6) is 0 Å². The Labute approximate surface area is 166 Å². The van der Waals surface area contributed by atoms with Crippen LogP contribution in [0.15, 0.2) is 24.4 Å². The molecule has 2 heterocycles. The highest BCUT2D eigenvalue weighted by Crippen LogP contribution is 2.24. The average Bonchev–Trinajstić information content (AvgIpc) is 3.18. The largest absolute Gasteiger partial charge is 0.340 e. The Morgan fingerprint density at radius 1 is 1.00 bits per heavy atom.